The summed E-state index contributed by atoms with van der Waals surface area (Å²) >= 11 is 0. The highest BCUT2D eigenvalue weighted by Gasteiger charge is 2.27. The van der Waals surface area contributed by atoms with Crippen LogP contribution < -0.4 is 5.32 Å². The highest BCUT2D eigenvalue weighted by Crippen LogP contribution is 2.25. The topological polar surface area (TPSA) is 65.7 Å². The van der Waals surface area contributed by atoms with Crippen LogP contribution >= 0.6 is 0 Å². The van der Waals surface area contributed by atoms with Gasteiger partial charge in [-0.25, -0.2) is 4.79 Å². The molecule has 0 saturated heterocycles. The Bertz CT molecular complexity index is 378. The maximum absolute atomic E-state index is 11.8. The first-order valence-electron chi connectivity index (χ1n) is 6.36. The molecule has 1 fully saturated rings. The highest BCUT2D eigenvalue weighted by molar-refractivity contribution is 5.73. The van der Waals surface area contributed by atoms with Gasteiger partial charge in [-0.05, 0) is 25.0 Å². The van der Waals surface area contributed by atoms with Gasteiger partial charge >= 0.3 is 6.03 Å². The number of furan rings is 1. The first kappa shape index (κ1) is 13.0. The average molecular weight is 252 g/mol. The van der Waals surface area contributed by atoms with Crippen LogP contribution in [-0.2, 0) is 6.54 Å². The largest absolute Gasteiger partial charge is 0.467 e. The molecular weight excluding hydrogens is 232 g/mol. The minimum absolute atomic E-state index is 0.134. The van der Waals surface area contributed by atoms with Gasteiger partial charge in [0.05, 0.1) is 18.9 Å². The van der Waals surface area contributed by atoms with E-state index in [2.05, 4.69) is 5.32 Å². The number of carbonyl (C=O) groups excluding carboxylic acids is 1. The van der Waals surface area contributed by atoms with Crippen molar-refractivity contribution in [1.29, 1.82) is 0 Å². The number of amides is 2. The first-order valence-corrected chi connectivity index (χ1v) is 6.36. The van der Waals surface area contributed by atoms with Crippen molar-refractivity contribution in [2.24, 2.45) is 5.92 Å². The fraction of sp³-hybridized carbons (Fsp3) is 0.615. The molecule has 1 saturated carbocycles. The Hall–Kier alpha value is -1.49. The summed E-state index contributed by atoms with van der Waals surface area (Å²) in [6.07, 6.45) is 4.22. The average Bonchev–Trinajstić information content (AvgIpc) is 2.99. The minimum Gasteiger partial charge on any atom is -0.467 e. The Balaban J connectivity index is 1.74. The van der Waals surface area contributed by atoms with E-state index in [4.69, 9.17) is 4.42 Å². The van der Waals surface area contributed by atoms with Crippen molar-refractivity contribution in [3.05, 3.63) is 24.2 Å². The molecule has 2 rings (SSSR count). The van der Waals surface area contributed by atoms with Crippen LogP contribution in [0, 0.1) is 5.92 Å². The molecule has 5 heteroatoms. The second-order valence-electron chi connectivity index (χ2n) is 4.88. The van der Waals surface area contributed by atoms with Gasteiger partial charge in [0.25, 0.3) is 0 Å². The smallest absolute Gasteiger partial charge is 0.317 e. The van der Waals surface area contributed by atoms with E-state index in [0.29, 0.717) is 13.1 Å². The zero-order valence-electron chi connectivity index (χ0n) is 10.6. The lowest BCUT2D eigenvalue weighted by atomic mass is 10.1. The lowest BCUT2D eigenvalue weighted by Gasteiger charge is -2.23. The zero-order chi connectivity index (χ0) is 13.0. The van der Waals surface area contributed by atoms with Crippen LogP contribution in [0.5, 0.6) is 0 Å². The van der Waals surface area contributed by atoms with Crippen LogP contribution in [-0.4, -0.2) is 35.7 Å². The molecule has 1 aromatic rings. The van der Waals surface area contributed by atoms with Gasteiger partial charge in [-0.15, -0.1) is 0 Å². The van der Waals surface area contributed by atoms with Crippen LogP contribution in [0.15, 0.2) is 22.8 Å². The monoisotopic (exact) mass is 252 g/mol. The number of hydrogen-bond acceptors (Lipinski definition) is 3. The predicted molar refractivity (Wildman–Crippen MR) is 66.9 cm³/mol. The van der Waals surface area contributed by atoms with Gasteiger partial charge in [-0.1, -0.05) is 6.42 Å². The lowest BCUT2D eigenvalue weighted by molar-refractivity contribution is 0.113. The SMILES string of the molecule is CN(CC1CCCC1O)C(=O)NCc1ccco1. The Morgan fingerprint density at radius 1 is 1.61 bits per heavy atom. The van der Waals surface area contributed by atoms with Crippen LogP contribution in [0.3, 0.4) is 0 Å². The van der Waals surface area contributed by atoms with E-state index in [1.54, 1.807) is 24.3 Å². The van der Waals surface area contributed by atoms with Crippen molar-refractivity contribution in [3.8, 4) is 0 Å². The zero-order valence-corrected chi connectivity index (χ0v) is 10.6. The molecule has 1 aromatic heterocycles. The third-order valence-electron chi connectivity index (χ3n) is 3.47. The number of aliphatic hydroxyl groups is 1. The van der Waals surface area contributed by atoms with Crippen molar-refractivity contribution >= 4 is 6.03 Å². The van der Waals surface area contributed by atoms with Crippen LogP contribution in [0.1, 0.15) is 25.0 Å². The summed E-state index contributed by atoms with van der Waals surface area (Å²) in [5.74, 6) is 0.946. The van der Waals surface area contributed by atoms with Crippen molar-refractivity contribution in [1.82, 2.24) is 10.2 Å². The van der Waals surface area contributed by atoms with E-state index < -0.39 is 0 Å². The number of nitrogens with zero attached hydrogens (tertiary/aromatic N) is 1. The second-order valence-corrected chi connectivity index (χ2v) is 4.88. The van der Waals surface area contributed by atoms with Gasteiger partial charge < -0.3 is 19.7 Å². The summed E-state index contributed by atoms with van der Waals surface area (Å²) in [7, 11) is 1.75. The minimum atomic E-state index is -0.259. The molecular formula is C13H20N2O3. The maximum Gasteiger partial charge on any atom is 0.317 e. The summed E-state index contributed by atoms with van der Waals surface area (Å²) in [6.45, 7) is 0.995. The fourth-order valence-electron chi connectivity index (χ4n) is 2.38. The number of rotatable bonds is 4. The molecule has 100 valence electrons. The molecule has 1 aliphatic carbocycles. The molecule has 0 aromatic carbocycles. The fourth-order valence-corrected chi connectivity index (χ4v) is 2.38. The number of urea groups is 1. The quantitative estimate of drug-likeness (QED) is 0.855. The second kappa shape index (κ2) is 5.91. The molecule has 18 heavy (non-hydrogen) atoms. The predicted octanol–water partition coefficient (Wildman–Crippen LogP) is 1.58. The molecule has 2 N–H and O–H groups in total. The molecule has 0 radical (unpaired) electrons. The lowest BCUT2D eigenvalue weighted by Crippen LogP contribution is -2.40. The van der Waals surface area contributed by atoms with Crippen LogP contribution in [0.25, 0.3) is 0 Å². The molecule has 2 unspecified atom stereocenters. The summed E-state index contributed by atoms with van der Waals surface area (Å²) in [4.78, 5) is 13.5. The molecule has 5 nitrogen and oxygen atoms in total. The summed E-state index contributed by atoms with van der Waals surface area (Å²) in [5, 5.41) is 12.5. The molecule has 0 aliphatic heterocycles. The van der Waals surface area contributed by atoms with Gasteiger partial charge in [-0.3, -0.25) is 0 Å². The van der Waals surface area contributed by atoms with Gasteiger partial charge in [0.2, 0.25) is 0 Å². The van der Waals surface area contributed by atoms with Gasteiger partial charge in [0, 0.05) is 19.5 Å². The van der Waals surface area contributed by atoms with Gasteiger partial charge in [0.1, 0.15) is 5.76 Å². The van der Waals surface area contributed by atoms with Crippen LogP contribution in [0.2, 0.25) is 0 Å². The Morgan fingerprint density at radius 3 is 3.06 bits per heavy atom. The van der Waals surface area contributed by atoms with E-state index in [0.717, 1.165) is 25.0 Å². The number of nitrogens with one attached hydrogen (secondary N) is 1. The van der Waals surface area contributed by atoms with Gasteiger partial charge in [-0.2, -0.15) is 0 Å². The third kappa shape index (κ3) is 3.26. The van der Waals surface area contributed by atoms with Crippen molar-refractivity contribution < 1.29 is 14.3 Å². The Labute approximate surface area is 107 Å². The van der Waals surface area contributed by atoms with E-state index in [1.165, 1.54) is 0 Å². The standard InChI is InChI=1S/C13H20N2O3/c1-15(9-10-4-2-6-12(10)16)13(17)14-8-11-5-3-7-18-11/h3,5,7,10,12,16H,2,4,6,8-9H2,1H3,(H,14,17). The molecule has 1 heterocycles. The summed E-state index contributed by atoms with van der Waals surface area (Å²) in [6, 6.07) is 3.48. The third-order valence-corrected chi connectivity index (χ3v) is 3.47. The van der Waals surface area contributed by atoms with E-state index in [1.807, 2.05) is 6.07 Å². The van der Waals surface area contributed by atoms with E-state index in [-0.39, 0.29) is 18.1 Å². The Morgan fingerprint density at radius 2 is 2.44 bits per heavy atom. The van der Waals surface area contributed by atoms with Crippen molar-refractivity contribution in [3.63, 3.8) is 0 Å². The van der Waals surface area contributed by atoms with E-state index in [9.17, 15) is 9.90 Å². The number of aliphatic hydroxyl groups excluding tert-OH is 1. The normalized spacial score (nSPS) is 23.0. The van der Waals surface area contributed by atoms with Crippen LogP contribution in [0.4, 0.5) is 4.79 Å². The maximum atomic E-state index is 11.8. The summed E-state index contributed by atoms with van der Waals surface area (Å²) < 4.78 is 5.14. The van der Waals surface area contributed by atoms with Gasteiger partial charge in [0.15, 0.2) is 0 Å². The molecule has 2 amide bonds. The number of hydrogen-bond donors (Lipinski definition) is 2. The Kier molecular flexibility index (Phi) is 4.25. The first-order chi connectivity index (χ1) is 8.66. The molecule has 2 atom stereocenters. The van der Waals surface area contributed by atoms with Crippen molar-refractivity contribution in [2.45, 2.75) is 31.9 Å². The molecule has 1 aliphatic rings. The molecule has 0 spiro atoms. The highest BCUT2D eigenvalue weighted by atomic mass is 16.3. The van der Waals surface area contributed by atoms with Crippen molar-refractivity contribution in [2.75, 3.05) is 13.6 Å². The molecule has 0 bridgehead atoms. The van der Waals surface area contributed by atoms with E-state index >= 15 is 0 Å². The summed E-state index contributed by atoms with van der Waals surface area (Å²) in [5.41, 5.74) is 0. The number of carbonyl (C=O) groups is 1.